The summed E-state index contributed by atoms with van der Waals surface area (Å²) >= 11 is 0. The fraction of sp³-hybridized carbons (Fsp3) is 0.737. The Hall–Kier alpha value is -1.70. The van der Waals surface area contributed by atoms with Crippen molar-refractivity contribution in [2.45, 2.75) is 119 Å². The van der Waals surface area contributed by atoms with E-state index in [4.69, 9.17) is 6.58 Å². The molecule has 0 aromatic heterocycles. The molecule has 1 aromatic carbocycles. The van der Waals surface area contributed by atoms with Crippen molar-refractivity contribution in [3.8, 4) is 0 Å². The summed E-state index contributed by atoms with van der Waals surface area (Å²) in [4.78, 5) is 0. The van der Waals surface area contributed by atoms with Crippen LogP contribution in [0.3, 0.4) is 0 Å². The molecule has 222 valence electrons. The fourth-order valence-corrected chi connectivity index (χ4v) is 11.8. The van der Waals surface area contributed by atoms with Gasteiger partial charge in [0, 0.05) is 30.4 Å². The molecule has 4 fully saturated rings. The first-order valence-electron chi connectivity index (χ1n) is 16.8. The van der Waals surface area contributed by atoms with Crippen LogP contribution in [0.5, 0.6) is 0 Å². The van der Waals surface area contributed by atoms with Crippen LogP contribution in [0.1, 0.15) is 123 Å². The first kappa shape index (κ1) is 29.8. The van der Waals surface area contributed by atoms with Crippen molar-refractivity contribution in [2.24, 2.45) is 51.2 Å². The van der Waals surface area contributed by atoms with Crippen molar-refractivity contribution in [1.29, 1.82) is 0 Å². The highest BCUT2D eigenvalue weighted by molar-refractivity contribution is 5.61. The van der Waals surface area contributed by atoms with Crippen LogP contribution in [-0.2, 0) is 6.54 Å². The molecule has 0 spiro atoms. The quantitative estimate of drug-likeness (QED) is 0.340. The predicted molar refractivity (Wildman–Crippen MR) is 173 cm³/mol. The maximum atomic E-state index is 4.78. The molecule has 8 atom stereocenters. The summed E-state index contributed by atoms with van der Waals surface area (Å²) in [6.07, 6.45) is 15.4. The van der Waals surface area contributed by atoms with Crippen LogP contribution < -0.4 is 10.6 Å². The second-order valence-electron chi connectivity index (χ2n) is 16.1. The molecular formula is C38H60N2. The second kappa shape index (κ2) is 10.9. The van der Waals surface area contributed by atoms with Crippen LogP contribution in [0.15, 0.2) is 43.1 Å². The van der Waals surface area contributed by atoms with Gasteiger partial charge in [-0.15, -0.1) is 0 Å². The summed E-state index contributed by atoms with van der Waals surface area (Å²) in [7, 11) is 1.94. The molecule has 0 radical (unpaired) electrons. The van der Waals surface area contributed by atoms with Crippen LogP contribution in [0.25, 0.3) is 5.70 Å². The molecule has 2 heteroatoms. The summed E-state index contributed by atoms with van der Waals surface area (Å²) in [5, 5.41) is 7.08. The van der Waals surface area contributed by atoms with E-state index < -0.39 is 0 Å². The summed E-state index contributed by atoms with van der Waals surface area (Å²) < 4.78 is 0. The van der Waals surface area contributed by atoms with Crippen LogP contribution in [0.4, 0.5) is 0 Å². The Morgan fingerprint density at radius 1 is 0.975 bits per heavy atom. The summed E-state index contributed by atoms with van der Waals surface area (Å²) in [5.74, 6) is 4.33. The molecule has 2 N–H and O–H groups in total. The van der Waals surface area contributed by atoms with E-state index in [1.807, 2.05) is 7.05 Å². The molecular weight excluding hydrogens is 484 g/mol. The second-order valence-corrected chi connectivity index (χ2v) is 16.1. The molecule has 4 saturated carbocycles. The monoisotopic (exact) mass is 544 g/mol. The normalized spacial score (nSPS) is 39.0. The van der Waals surface area contributed by atoms with E-state index in [2.05, 4.69) is 83.0 Å². The van der Waals surface area contributed by atoms with Gasteiger partial charge in [-0.25, -0.2) is 0 Å². The van der Waals surface area contributed by atoms with Crippen molar-refractivity contribution in [3.63, 3.8) is 0 Å². The Labute approximate surface area is 247 Å². The van der Waals surface area contributed by atoms with Gasteiger partial charge >= 0.3 is 0 Å². The van der Waals surface area contributed by atoms with Gasteiger partial charge in [-0.3, -0.25) is 0 Å². The maximum absolute atomic E-state index is 4.78. The fourth-order valence-electron chi connectivity index (χ4n) is 11.8. The number of benzene rings is 1. The van der Waals surface area contributed by atoms with E-state index in [1.54, 1.807) is 0 Å². The predicted octanol–water partition coefficient (Wildman–Crippen LogP) is 9.97. The number of hydrogen-bond donors (Lipinski definition) is 2. The Morgan fingerprint density at radius 3 is 2.45 bits per heavy atom. The highest BCUT2D eigenvalue weighted by Crippen LogP contribution is 2.72. The van der Waals surface area contributed by atoms with E-state index >= 15 is 0 Å². The third-order valence-electron chi connectivity index (χ3n) is 13.3. The minimum absolute atomic E-state index is 0.297. The SMILES string of the molecule is C=C(NC)c1cccc(CNC(=C)C23CCCC2C2CCC4C(C)(CCC(C(C)(C)C)C4(C)CCC)C2CC3)c1. The standard InChI is InChI=1S/C38H60N2/c1-10-20-37(8)33(35(4,5)6)19-22-36(7)31-18-23-38(21-12-15-32(38)30(31)16-17-34(36)37)27(3)40-25-28-13-11-14-29(24-28)26(2)39-9/h11,13-14,24,30-34,39-40H,2-3,10,12,15-23,25H2,1,4-9H3. The molecule has 8 unspecified atom stereocenters. The molecule has 0 heterocycles. The molecule has 5 rings (SSSR count). The summed E-state index contributed by atoms with van der Waals surface area (Å²) in [6.45, 7) is 25.3. The lowest BCUT2D eigenvalue weighted by atomic mass is 9.38. The van der Waals surface area contributed by atoms with Gasteiger partial charge in [-0.2, -0.15) is 0 Å². The van der Waals surface area contributed by atoms with Crippen molar-refractivity contribution >= 4 is 5.70 Å². The zero-order valence-electron chi connectivity index (χ0n) is 27.1. The Bertz CT molecular complexity index is 1090. The van der Waals surface area contributed by atoms with Crippen LogP contribution in [0.2, 0.25) is 0 Å². The molecule has 2 nitrogen and oxygen atoms in total. The van der Waals surface area contributed by atoms with Crippen LogP contribution >= 0.6 is 0 Å². The molecule has 0 saturated heterocycles. The first-order chi connectivity index (χ1) is 18.9. The number of rotatable bonds is 8. The molecule has 4 aliphatic carbocycles. The Balaban J connectivity index is 1.35. The molecule has 4 aliphatic rings. The molecule has 0 bridgehead atoms. The van der Waals surface area contributed by atoms with Gasteiger partial charge in [-0.05, 0) is 121 Å². The van der Waals surface area contributed by atoms with Crippen molar-refractivity contribution in [3.05, 3.63) is 54.2 Å². The zero-order chi connectivity index (χ0) is 28.9. The largest absolute Gasteiger partial charge is 0.388 e. The van der Waals surface area contributed by atoms with E-state index in [1.165, 1.54) is 87.5 Å². The van der Waals surface area contributed by atoms with Crippen LogP contribution in [-0.4, -0.2) is 7.05 Å². The summed E-state index contributed by atoms with van der Waals surface area (Å²) in [5.41, 5.74) is 6.49. The highest BCUT2D eigenvalue weighted by Gasteiger charge is 2.64. The average molecular weight is 545 g/mol. The number of hydrogen-bond acceptors (Lipinski definition) is 2. The van der Waals surface area contributed by atoms with Gasteiger partial charge < -0.3 is 10.6 Å². The first-order valence-corrected chi connectivity index (χ1v) is 16.8. The number of fused-ring (bicyclic) bond motifs is 5. The lowest BCUT2D eigenvalue weighted by Crippen LogP contribution is -2.60. The highest BCUT2D eigenvalue weighted by atomic mass is 14.9. The summed E-state index contributed by atoms with van der Waals surface area (Å²) in [6, 6.07) is 8.79. The van der Waals surface area contributed by atoms with Crippen LogP contribution in [0, 0.1) is 51.2 Å². The third kappa shape index (κ3) is 4.78. The van der Waals surface area contributed by atoms with E-state index in [0.717, 1.165) is 41.8 Å². The molecule has 0 aliphatic heterocycles. The molecule has 0 amide bonds. The van der Waals surface area contributed by atoms with Gasteiger partial charge in [0.1, 0.15) is 0 Å². The van der Waals surface area contributed by atoms with E-state index in [9.17, 15) is 0 Å². The van der Waals surface area contributed by atoms with Gasteiger partial charge in [0.2, 0.25) is 0 Å². The van der Waals surface area contributed by atoms with E-state index in [0.29, 0.717) is 21.7 Å². The van der Waals surface area contributed by atoms with Gasteiger partial charge in [0.25, 0.3) is 0 Å². The Kier molecular flexibility index (Phi) is 8.08. The number of allylic oxidation sites excluding steroid dienone is 1. The lowest BCUT2D eigenvalue weighted by molar-refractivity contribution is -0.180. The average Bonchev–Trinajstić information content (AvgIpc) is 3.36. The van der Waals surface area contributed by atoms with Gasteiger partial charge in [-0.1, -0.05) is 85.7 Å². The maximum Gasteiger partial charge on any atom is 0.0398 e. The Morgan fingerprint density at radius 2 is 1.75 bits per heavy atom. The minimum atomic E-state index is 0.297. The smallest absolute Gasteiger partial charge is 0.0398 e. The topological polar surface area (TPSA) is 24.1 Å². The number of nitrogens with one attached hydrogen (secondary N) is 2. The van der Waals surface area contributed by atoms with Crippen molar-refractivity contribution in [1.82, 2.24) is 10.6 Å². The third-order valence-corrected chi connectivity index (χ3v) is 13.3. The van der Waals surface area contributed by atoms with Crippen molar-refractivity contribution < 1.29 is 0 Å². The molecule has 1 aromatic rings. The van der Waals surface area contributed by atoms with E-state index in [-0.39, 0.29) is 0 Å². The van der Waals surface area contributed by atoms with Gasteiger partial charge in [0.05, 0.1) is 0 Å². The van der Waals surface area contributed by atoms with Crippen molar-refractivity contribution in [2.75, 3.05) is 7.05 Å². The minimum Gasteiger partial charge on any atom is -0.388 e. The lowest BCUT2D eigenvalue weighted by Gasteiger charge is -2.67. The molecule has 40 heavy (non-hydrogen) atoms. The zero-order valence-corrected chi connectivity index (χ0v) is 27.1. The van der Waals surface area contributed by atoms with Gasteiger partial charge in [0.15, 0.2) is 0 Å².